The van der Waals surface area contributed by atoms with Crippen molar-refractivity contribution in [2.75, 3.05) is 20.1 Å². The highest BCUT2D eigenvalue weighted by Gasteiger charge is 2.36. The molecule has 0 spiro atoms. The van der Waals surface area contributed by atoms with Crippen molar-refractivity contribution in [3.63, 3.8) is 0 Å². The maximum Gasteiger partial charge on any atom is 0.227 e. The molecule has 2 rings (SSSR count). The van der Waals surface area contributed by atoms with E-state index >= 15 is 0 Å². The molecule has 3 N–H and O–H groups in total. The molecule has 1 heterocycles. The van der Waals surface area contributed by atoms with E-state index < -0.39 is 0 Å². The van der Waals surface area contributed by atoms with Gasteiger partial charge in [0.25, 0.3) is 0 Å². The Labute approximate surface area is 108 Å². The van der Waals surface area contributed by atoms with Crippen LogP contribution >= 0.6 is 0 Å². The molecule has 3 unspecified atom stereocenters. The fourth-order valence-electron chi connectivity index (χ4n) is 3.13. The Morgan fingerprint density at radius 1 is 1.22 bits per heavy atom. The second-order valence-corrected chi connectivity index (χ2v) is 5.44. The SMILES string of the molecule is CNC(=O)C1CCCN(C(=O)C2CCCC2N)C1. The van der Waals surface area contributed by atoms with E-state index in [4.69, 9.17) is 5.73 Å². The maximum absolute atomic E-state index is 12.4. The van der Waals surface area contributed by atoms with Crippen molar-refractivity contribution in [2.24, 2.45) is 17.6 Å². The average molecular weight is 253 g/mol. The van der Waals surface area contributed by atoms with Gasteiger partial charge in [0, 0.05) is 26.2 Å². The van der Waals surface area contributed by atoms with Crippen molar-refractivity contribution >= 4 is 11.8 Å². The Bertz CT molecular complexity index is 332. The Balaban J connectivity index is 1.96. The summed E-state index contributed by atoms with van der Waals surface area (Å²) in [6, 6.07) is 0.0119. The summed E-state index contributed by atoms with van der Waals surface area (Å²) in [5.74, 6) is 0.135. The number of rotatable bonds is 2. The summed E-state index contributed by atoms with van der Waals surface area (Å²) in [7, 11) is 1.65. The van der Waals surface area contributed by atoms with E-state index in [-0.39, 0.29) is 29.7 Å². The third-order valence-electron chi connectivity index (χ3n) is 4.24. The summed E-state index contributed by atoms with van der Waals surface area (Å²) in [4.78, 5) is 25.9. The van der Waals surface area contributed by atoms with E-state index in [0.29, 0.717) is 6.54 Å². The number of hydrogen-bond acceptors (Lipinski definition) is 3. The largest absolute Gasteiger partial charge is 0.359 e. The highest BCUT2D eigenvalue weighted by atomic mass is 16.2. The van der Waals surface area contributed by atoms with Crippen molar-refractivity contribution < 1.29 is 9.59 Å². The normalized spacial score (nSPS) is 32.3. The minimum Gasteiger partial charge on any atom is -0.359 e. The number of nitrogens with two attached hydrogens (primary N) is 1. The van der Waals surface area contributed by atoms with Crippen LogP contribution in [0, 0.1) is 11.8 Å². The molecule has 2 amide bonds. The number of nitrogens with one attached hydrogen (secondary N) is 1. The van der Waals surface area contributed by atoms with Gasteiger partial charge in [-0.25, -0.2) is 0 Å². The van der Waals surface area contributed by atoms with E-state index in [1.165, 1.54) is 0 Å². The molecule has 3 atom stereocenters. The summed E-state index contributed by atoms with van der Waals surface area (Å²) in [6.45, 7) is 1.33. The summed E-state index contributed by atoms with van der Waals surface area (Å²) in [5, 5.41) is 2.67. The highest BCUT2D eigenvalue weighted by Crippen LogP contribution is 2.28. The predicted octanol–water partition coefficient (Wildman–Crippen LogP) is 0.0984. The van der Waals surface area contributed by atoms with Crippen LogP contribution in [0.5, 0.6) is 0 Å². The molecule has 5 nitrogen and oxygen atoms in total. The Hall–Kier alpha value is -1.10. The van der Waals surface area contributed by atoms with E-state index in [0.717, 1.165) is 38.6 Å². The van der Waals surface area contributed by atoms with E-state index in [1.807, 2.05) is 4.90 Å². The molecule has 5 heteroatoms. The standard InChI is InChI=1S/C13H23N3O2/c1-15-12(17)9-4-3-7-16(8-9)13(18)10-5-2-6-11(10)14/h9-11H,2-8,14H2,1H3,(H,15,17). The molecule has 1 saturated carbocycles. The lowest BCUT2D eigenvalue weighted by Crippen LogP contribution is -2.48. The topological polar surface area (TPSA) is 75.4 Å². The summed E-state index contributed by atoms with van der Waals surface area (Å²) < 4.78 is 0. The van der Waals surface area contributed by atoms with Gasteiger partial charge in [-0.05, 0) is 25.7 Å². The molecule has 0 aromatic heterocycles. The zero-order valence-electron chi connectivity index (χ0n) is 11.0. The smallest absolute Gasteiger partial charge is 0.227 e. The number of likely N-dealkylation sites (tertiary alicyclic amines) is 1. The maximum atomic E-state index is 12.4. The molecule has 1 saturated heterocycles. The van der Waals surface area contributed by atoms with Crippen molar-refractivity contribution in [2.45, 2.75) is 38.1 Å². The molecule has 0 radical (unpaired) electrons. The zero-order valence-corrected chi connectivity index (χ0v) is 11.0. The van der Waals surface area contributed by atoms with Crippen molar-refractivity contribution in [1.82, 2.24) is 10.2 Å². The number of carbonyl (C=O) groups is 2. The van der Waals surface area contributed by atoms with Gasteiger partial charge in [-0.2, -0.15) is 0 Å². The van der Waals surface area contributed by atoms with Crippen molar-refractivity contribution in [1.29, 1.82) is 0 Å². The van der Waals surface area contributed by atoms with Crippen LogP contribution in [0.1, 0.15) is 32.1 Å². The van der Waals surface area contributed by atoms with Crippen LogP contribution in [0.25, 0.3) is 0 Å². The first-order valence-electron chi connectivity index (χ1n) is 6.89. The van der Waals surface area contributed by atoms with Crippen LogP contribution in [0.15, 0.2) is 0 Å². The van der Waals surface area contributed by atoms with Crippen LogP contribution < -0.4 is 11.1 Å². The van der Waals surface area contributed by atoms with Gasteiger partial charge < -0.3 is 16.0 Å². The molecular weight excluding hydrogens is 230 g/mol. The van der Waals surface area contributed by atoms with Gasteiger partial charge in [0.05, 0.1) is 11.8 Å². The van der Waals surface area contributed by atoms with Gasteiger partial charge in [0.15, 0.2) is 0 Å². The van der Waals surface area contributed by atoms with Gasteiger partial charge in [0.2, 0.25) is 11.8 Å². The van der Waals surface area contributed by atoms with Gasteiger partial charge in [0.1, 0.15) is 0 Å². The first-order chi connectivity index (χ1) is 8.63. The molecule has 2 fully saturated rings. The highest BCUT2D eigenvalue weighted by molar-refractivity contribution is 5.82. The van der Waals surface area contributed by atoms with Crippen molar-refractivity contribution in [3.8, 4) is 0 Å². The first-order valence-corrected chi connectivity index (χ1v) is 6.89. The third-order valence-corrected chi connectivity index (χ3v) is 4.24. The Morgan fingerprint density at radius 2 is 2.00 bits per heavy atom. The fraction of sp³-hybridized carbons (Fsp3) is 0.846. The number of carbonyl (C=O) groups excluding carboxylic acids is 2. The van der Waals surface area contributed by atoms with Crippen molar-refractivity contribution in [3.05, 3.63) is 0 Å². The Morgan fingerprint density at radius 3 is 2.61 bits per heavy atom. The molecule has 0 aromatic rings. The molecule has 0 aromatic carbocycles. The van der Waals surface area contributed by atoms with Gasteiger partial charge >= 0.3 is 0 Å². The predicted molar refractivity (Wildman–Crippen MR) is 68.7 cm³/mol. The van der Waals surface area contributed by atoms with E-state index in [9.17, 15) is 9.59 Å². The first kappa shape index (κ1) is 13.3. The quantitative estimate of drug-likeness (QED) is 0.733. The Kier molecular flexibility index (Phi) is 4.22. The monoisotopic (exact) mass is 253 g/mol. The van der Waals surface area contributed by atoms with Crippen LogP contribution in [0.2, 0.25) is 0 Å². The number of nitrogens with zero attached hydrogens (tertiary/aromatic N) is 1. The summed E-state index contributed by atoms with van der Waals surface area (Å²) >= 11 is 0. The number of amides is 2. The molecule has 0 bridgehead atoms. The molecule has 18 heavy (non-hydrogen) atoms. The van der Waals surface area contributed by atoms with Gasteiger partial charge in [-0.15, -0.1) is 0 Å². The molecule has 2 aliphatic rings. The van der Waals surface area contributed by atoms with Gasteiger partial charge in [-0.1, -0.05) is 6.42 Å². The van der Waals surface area contributed by atoms with E-state index in [1.54, 1.807) is 7.05 Å². The number of hydrogen-bond donors (Lipinski definition) is 2. The molecule has 1 aliphatic heterocycles. The minimum absolute atomic E-state index is 0.0119. The second kappa shape index (κ2) is 5.69. The lowest BCUT2D eigenvalue weighted by Gasteiger charge is -2.34. The number of piperidine rings is 1. The van der Waals surface area contributed by atoms with Crippen LogP contribution in [0.4, 0.5) is 0 Å². The zero-order chi connectivity index (χ0) is 13.1. The second-order valence-electron chi connectivity index (χ2n) is 5.44. The third kappa shape index (κ3) is 2.66. The molecular formula is C13H23N3O2. The summed E-state index contributed by atoms with van der Waals surface area (Å²) in [6.07, 6.45) is 4.68. The van der Waals surface area contributed by atoms with Crippen LogP contribution in [-0.4, -0.2) is 42.9 Å². The average Bonchev–Trinajstić information content (AvgIpc) is 2.83. The van der Waals surface area contributed by atoms with Gasteiger partial charge in [-0.3, -0.25) is 9.59 Å². The van der Waals surface area contributed by atoms with E-state index in [2.05, 4.69) is 5.32 Å². The summed E-state index contributed by atoms with van der Waals surface area (Å²) in [5.41, 5.74) is 5.98. The lowest BCUT2D eigenvalue weighted by molar-refractivity contribution is -0.139. The van der Waals surface area contributed by atoms with Crippen LogP contribution in [0.3, 0.4) is 0 Å². The molecule has 1 aliphatic carbocycles. The van der Waals surface area contributed by atoms with Crippen LogP contribution in [-0.2, 0) is 9.59 Å². The molecule has 102 valence electrons. The minimum atomic E-state index is -0.0506. The lowest BCUT2D eigenvalue weighted by atomic mass is 9.94. The fourth-order valence-corrected chi connectivity index (χ4v) is 3.13.